The Bertz CT molecular complexity index is 123. The van der Waals surface area contributed by atoms with E-state index in [9.17, 15) is 4.79 Å². The fraction of sp³-hybridized carbons (Fsp3) is 0.857. The van der Waals surface area contributed by atoms with E-state index in [4.69, 9.17) is 11.5 Å². The van der Waals surface area contributed by atoms with E-state index in [1.165, 1.54) is 0 Å². The summed E-state index contributed by atoms with van der Waals surface area (Å²) in [6, 6.07) is -0.533. The lowest BCUT2D eigenvalue weighted by molar-refractivity contribution is -0.119. The van der Waals surface area contributed by atoms with Crippen molar-refractivity contribution in [1.82, 2.24) is 4.90 Å². The highest BCUT2D eigenvalue weighted by atomic mass is 16.1. The van der Waals surface area contributed by atoms with E-state index in [2.05, 4.69) is 4.90 Å². The molecule has 0 saturated heterocycles. The van der Waals surface area contributed by atoms with Gasteiger partial charge >= 0.3 is 0 Å². The molecule has 0 aliphatic rings. The second-order valence-corrected chi connectivity index (χ2v) is 2.49. The maximum absolute atomic E-state index is 10.5. The van der Waals surface area contributed by atoms with Gasteiger partial charge in [-0.2, -0.15) is 0 Å². The first-order chi connectivity index (χ1) is 5.11. The molecule has 11 heavy (non-hydrogen) atoms. The zero-order valence-electron chi connectivity index (χ0n) is 7.21. The Balaban J connectivity index is 3.71. The Morgan fingerprint density at radius 2 is 1.91 bits per heavy atom. The molecular weight excluding hydrogens is 142 g/mol. The summed E-state index contributed by atoms with van der Waals surface area (Å²) < 4.78 is 0. The van der Waals surface area contributed by atoms with Crippen molar-refractivity contribution in [3.63, 3.8) is 0 Å². The average Bonchev–Trinajstić information content (AvgIpc) is 1.99. The molecule has 66 valence electrons. The molecule has 4 N–H and O–H groups in total. The Hall–Kier alpha value is -0.610. The van der Waals surface area contributed by atoms with Gasteiger partial charge in [0.2, 0.25) is 5.91 Å². The SMILES string of the molecule is CCN(CC)C[C@@H](N)C(N)=O. The summed E-state index contributed by atoms with van der Waals surface area (Å²) in [4.78, 5) is 12.6. The molecule has 0 rings (SSSR count). The lowest BCUT2D eigenvalue weighted by Crippen LogP contribution is -2.45. The Morgan fingerprint density at radius 3 is 2.18 bits per heavy atom. The lowest BCUT2D eigenvalue weighted by atomic mass is 10.3. The number of rotatable bonds is 5. The van der Waals surface area contributed by atoms with Gasteiger partial charge in [0.05, 0.1) is 6.04 Å². The molecule has 0 fully saturated rings. The molecule has 0 aliphatic carbocycles. The summed E-state index contributed by atoms with van der Waals surface area (Å²) in [5.41, 5.74) is 10.5. The quantitative estimate of drug-likeness (QED) is 0.548. The minimum atomic E-state index is -0.533. The first-order valence-corrected chi connectivity index (χ1v) is 3.89. The third-order valence-electron chi connectivity index (χ3n) is 1.71. The van der Waals surface area contributed by atoms with Crippen molar-refractivity contribution >= 4 is 5.91 Å². The second-order valence-electron chi connectivity index (χ2n) is 2.49. The lowest BCUT2D eigenvalue weighted by Gasteiger charge is -2.20. The van der Waals surface area contributed by atoms with Crippen LogP contribution in [0.3, 0.4) is 0 Å². The van der Waals surface area contributed by atoms with Crippen LogP contribution in [0.1, 0.15) is 13.8 Å². The molecule has 1 atom stereocenters. The molecule has 0 spiro atoms. The standard InChI is InChI=1S/C7H17N3O/c1-3-10(4-2)5-6(8)7(9)11/h6H,3-5,8H2,1-2H3,(H2,9,11)/t6-/m1/s1. The molecule has 0 saturated carbocycles. The average molecular weight is 159 g/mol. The van der Waals surface area contributed by atoms with Gasteiger partial charge in [-0.3, -0.25) is 4.79 Å². The molecule has 0 aromatic carbocycles. The Kier molecular flexibility index (Phi) is 4.81. The van der Waals surface area contributed by atoms with Gasteiger partial charge in [0.1, 0.15) is 0 Å². The zero-order chi connectivity index (χ0) is 8.85. The highest BCUT2D eigenvalue weighted by molar-refractivity contribution is 5.79. The van der Waals surface area contributed by atoms with Gasteiger partial charge in [-0.25, -0.2) is 0 Å². The number of hydrogen-bond donors (Lipinski definition) is 2. The minimum Gasteiger partial charge on any atom is -0.368 e. The number of carbonyl (C=O) groups excluding carboxylic acids is 1. The molecule has 1 amide bonds. The van der Waals surface area contributed by atoms with Gasteiger partial charge in [0, 0.05) is 6.54 Å². The Labute approximate surface area is 67.5 Å². The smallest absolute Gasteiger partial charge is 0.235 e. The van der Waals surface area contributed by atoms with Crippen LogP contribution in [-0.2, 0) is 4.79 Å². The van der Waals surface area contributed by atoms with Gasteiger partial charge in [-0.05, 0) is 13.1 Å². The van der Waals surface area contributed by atoms with Crippen molar-refractivity contribution in [2.75, 3.05) is 19.6 Å². The second kappa shape index (κ2) is 5.09. The molecule has 0 aromatic rings. The molecule has 0 bridgehead atoms. The van der Waals surface area contributed by atoms with Crippen LogP contribution >= 0.6 is 0 Å². The summed E-state index contributed by atoms with van der Waals surface area (Å²) in [5.74, 6) is -0.433. The van der Waals surface area contributed by atoms with Gasteiger partial charge < -0.3 is 16.4 Å². The predicted molar refractivity (Wildman–Crippen MR) is 45.0 cm³/mol. The van der Waals surface area contributed by atoms with Gasteiger partial charge in [0.25, 0.3) is 0 Å². The Morgan fingerprint density at radius 1 is 1.45 bits per heavy atom. The number of likely N-dealkylation sites (N-methyl/N-ethyl adjacent to an activating group) is 1. The van der Waals surface area contributed by atoms with E-state index >= 15 is 0 Å². The topological polar surface area (TPSA) is 72.3 Å². The van der Waals surface area contributed by atoms with Gasteiger partial charge in [0.15, 0.2) is 0 Å². The molecule has 0 radical (unpaired) electrons. The third-order valence-corrected chi connectivity index (χ3v) is 1.71. The first kappa shape index (κ1) is 10.4. The minimum absolute atomic E-state index is 0.433. The number of nitrogens with zero attached hydrogens (tertiary/aromatic N) is 1. The van der Waals surface area contributed by atoms with E-state index in [0.29, 0.717) is 6.54 Å². The fourth-order valence-electron chi connectivity index (χ4n) is 0.850. The molecule has 0 unspecified atom stereocenters. The number of nitrogens with two attached hydrogens (primary N) is 2. The predicted octanol–water partition coefficient (Wildman–Crippen LogP) is -0.859. The molecule has 0 heterocycles. The van der Waals surface area contributed by atoms with E-state index in [0.717, 1.165) is 13.1 Å². The summed E-state index contributed by atoms with van der Waals surface area (Å²) in [6.45, 7) is 6.41. The van der Waals surface area contributed by atoms with E-state index in [1.54, 1.807) is 0 Å². The van der Waals surface area contributed by atoms with Crippen molar-refractivity contribution in [1.29, 1.82) is 0 Å². The van der Waals surface area contributed by atoms with Crippen LogP contribution in [0, 0.1) is 0 Å². The van der Waals surface area contributed by atoms with Crippen LogP contribution in [-0.4, -0.2) is 36.5 Å². The van der Waals surface area contributed by atoms with Gasteiger partial charge in [-0.15, -0.1) is 0 Å². The number of amides is 1. The summed E-state index contributed by atoms with van der Waals surface area (Å²) in [7, 11) is 0. The highest BCUT2D eigenvalue weighted by Crippen LogP contribution is 1.88. The number of hydrogen-bond acceptors (Lipinski definition) is 3. The number of primary amides is 1. The summed E-state index contributed by atoms with van der Waals surface area (Å²) in [5, 5.41) is 0. The van der Waals surface area contributed by atoms with Crippen LogP contribution in [0.5, 0.6) is 0 Å². The van der Waals surface area contributed by atoms with E-state index in [1.807, 2.05) is 13.8 Å². The fourth-order valence-corrected chi connectivity index (χ4v) is 0.850. The maximum atomic E-state index is 10.5. The zero-order valence-corrected chi connectivity index (χ0v) is 7.21. The van der Waals surface area contributed by atoms with Crippen LogP contribution in [0.2, 0.25) is 0 Å². The monoisotopic (exact) mass is 159 g/mol. The number of carbonyl (C=O) groups is 1. The molecule has 4 heteroatoms. The summed E-state index contributed by atoms with van der Waals surface area (Å²) >= 11 is 0. The van der Waals surface area contributed by atoms with Crippen LogP contribution < -0.4 is 11.5 Å². The van der Waals surface area contributed by atoms with E-state index in [-0.39, 0.29) is 0 Å². The normalized spacial score (nSPS) is 13.5. The van der Waals surface area contributed by atoms with Crippen molar-refractivity contribution in [2.45, 2.75) is 19.9 Å². The molecule has 0 aromatic heterocycles. The summed E-state index contributed by atoms with van der Waals surface area (Å²) in [6.07, 6.45) is 0. The first-order valence-electron chi connectivity index (χ1n) is 3.89. The molecular formula is C7H17N3O. The van der Waals surface area contributed by atoms with Crippen molar-refractivity contribution in [3.8, 4) is 0 Å². The van der Waals surface area contributed by atoms with Crippen molar-refractivity contribution in [3.05, 3.63) is 0 Å². The van der Waals surface area contributed by atoms with Crippen LogP contribution in [0.25, 0.3) is 0 Å². The van der Waals surface area contributed by atoms with Gasteiger partial charge in [-0.1, -0.05) is 13.8 Å². The maximum Gasteiger partial charge on any atom is 0.235 e. The third kappa shape index (κ3) is 3.95. The van der Waals surface area contributed by atoms with Crippen molar-refractivity contribution < 1.29 is 4.79 Å². The molecule has 0 aliphatic heterocycles. The van der Waals surface area contributed by atoms with Crippen molar-refractivity contribution in [2.24, 2.45) is 11.5 Å². The largest absolute Gasteiger partial charge is 0.368 e. The van der Waals surface area contributed by atoms with Crippen LogP contribution in [0.15, 0.2) is 0 Å². The van der Waals surface area contributed by atoms with E-state index < -0.39 is 11.9 Å². The highest BCUT2D eigenvalue weighted by Gasteiger charge is 2.11. The van der Waals surface area contributed by atoms with Crippen LogP contribution in [0.4, 0.5) is 0 Å². The molecule has 4 nitrogen and oxygen atoms in total.